The molecule has 0 spiro atoms. The molecule has 0 radical (unpaired) electrons. The van der Waals surface area contributed by atoms with E-state index < -0.39 is 0 Å². The van der Waals surface area contributed by atoms with Gasteiger partial charge in [-0.25, -0.2) is 9.37 Å². The van der Waals surface area contributed by atoms with Gasteiger partial charge in [0.1, 0.15) is 5.82 Å². The van der Waals surface area contributed by atoms with Gasteiger partial charge < -0.3 is 0 Å². The molecule has 0 aliphatic rings. The minimum Gasteiger partial charge on any atom is -0.252 e. The molecule has 14 heavy (non-hydrogen) atoms. The second-order valence-corrected chi connectivity index (χ2v) is 3.07. The molecule has 1 N–H and O–H groups in total. The van der Waals surface area contributed by atoms with E-state index in [1.165, 1.54) is 12.1 Å². The Kier molecular flexibility index (Phi) is 2.32. The smallest absolute Gasteiger partial charge is 0.214 e. The Labute approximate surface area is 84.6 Å². The standard InChI is InChI=1S/C9H6FN3S/c10-7-3-1-6(2-4-7)8-5-11-13-9(14)12-8/h1-5H,(H,12,13,14). The van der Waals surface area contributed by atoms with Crippen molar-refractivity contribution in [3.05, 3.63) is 41.1 Å². The number of halogens is 1. The maximum atomic E-state index is 12.6. The van der Waals surface area contributed by atoms with Crippen LogP contribution < -0.4 is 0 Å². The van der Waals surface area contributed by atoms with Crippen molar-refractivity contribution in [3.8, 4) is 11.3 Å². The highest BCUT2D eigenvalue weighted by Gasteiger charge is 1.99. The van der Waals surface area contributed by atoms with E-state index in [1.807, 2.05) is 0 Å². The molecule has 5 heteroatoms. The van der Waals surface area contributed by atoms with Crippen LogP contribution in [-0.2, 0) is 0 Å². The van der Waals surface area contributed by atoms with Crippen molar-refractivity contribution >= 4 is 12.2 Å². The lowest BCUT2D eigenvalue weighted by Crippen LogP contribution is -1.89. The van der Waals surface area contributed by atoms with Crippen molar-refractivity contribution < 1.29 is 4.39 Å². The number of aromatic nitrogens is 3. The number of hydrogen-bond donors (Lipinski definition) is 1. The average molecular weight is 207 g/mol. The molecule has 1 aromatic heterocycles. The predicted octanol–water partition coefficient (Wildman–Crippen LogP) is 2.34. The van der Waals surface area contributed by atoms with Gasteiger partial charge >= 0.3 is 0 Å². The van der Waals surface area contributed by atoms with Gasteiger partial charge in [0.05, 0.1) is 11.9 Å². The highest BCUT2D eigenvalue weighted by Crippen LogP contribution is 2.14. The van der Waals surface area contributed by atoms with Crippen molar-refractivity contribution in [1.82, 2.24) is 15.2 Å². The Hall–Kier alpha value is -1.62. The third-order valence-electron chi connectivity index (χ3n) is 1.71. The van der Waals surface area contributed by atoms with Crippen LogP contribution in [0.1, 0.15) is 0 Å². The summed E-state index contributed by atoms with van der Waals surface area (Å²) in [7, 11) is 0. The van der Waals surface area contributed by atoms with Crippen LogP contribution in [0.25, 0.3) is 11.3 Å². The fraction of sp³-hybridized carbons (Fsp3) is 0. The first-order valence-electron chi connectivity index (χ1n) is 3.93. The molecule has 0 bridgehead atoms. The van der Waals surface area contributed by atoms with Crippen molar-refractivity contribution in [1.29, 1.82) is 0 Å². The maximum Gasteiger partial charge on any atom is 0.214 e. The van der Waals surface area contributed by atoms with Crippen molar-refractivity contribution in [2.24, 2.45) is 0 Å². The summed E-state index contributed by atoms with van der Waals surface area (Å²) >= 11 is 4.82. The van der Waals surface area contributed by atoms with E-state index in [4.69, 9.17) is 12.2 Å². The number of nitrogens with zero attached hydrogens (tertiary/aromatic N) is 2. The molecule has 1 heterocycles. The molecule has 0 fully saturated rings. The molecule has 0 saturated carbocycles. The van der Waals surface area contributed by atoms with E-state index in [-0.39, 0.29) is 5.82 Å². The highest BCUT2D eigenvalue weighted by atomic mass is 32.1. The second kappa shape index (κ2) is 3.63. The van der Waals surface area contributed by atoms with Crippen LogP contribution in [0.2, 0.25) is 0 Å². The van der Waals surface area contributed by atoms with Crippen LogP contribution in [0, 0.1) is 10.6 Å². The van der Waals surface area contributed by atoms with E-state index in [0.717, 1.165) is 5.56 Å². The molecular formula is C9H6FN3S. The van der Waals surface area contributed by atoms with Gasteiger partial charge in [-0.1, -0.05) is 0 Å². The van der Waals surface area contributed by atoms with E-state index in [0.29, 0.717) is 10.5 Å². The number of nitrogens with one attached hydrogen (secondary N) is 1. The molecular weight excluding hydrogens is 201 g/mol. The summed E-state index contributed by atoms with van der Waals surface area (Å²) in [6.45, 7) is 0. The zero-order chi connectivity index (χ0) is 9.97. The lowest BCUT2D eigenvalue weighted by Gasteiger charge is -1.98. The summed E-state index contributed by atoms with van der Waals surface area (Å²) in [4.78, 5) is 4.05. The van der Waals surface area contributed by atoms with Crippen molar-refractivity contribution in [2.75, 3.05) is 0 Å². The minimum atomic E-state index is -0.275. The Morgan fingerprint density at radius 3 is 2.57 bits per heavy atom. The molecule has 0 amide bonds. The monoisotopic (exact) mass is 207 g/mol. The summed E-state index contributed by atoms with van der Waals surface area (Å²) in [5.74, 6) is -0.275. The molecule has 3 nitrogen and oxygen atoms in total. The lowest BCUT2D eigenvalue weighted by molar-refractivity contribution is 0.628. The summed E-state index contributed by atoms with van der Waals surface area (Å²) in [6.07, 6.45) is 1.54. The molecule has 0 atom stereocenters. The summed E-state index contributed by atoms with van der Waals surface area (Å²) in [5.41, 5.74) is 1.42. The van der Waals surface area contributed by atoms with E-state index >= 15 is 0 Å². The van der Waals surface area contributed by atoms with Crippen molar-refractivity contribution in [2.45, 2.75) is 0 Å². The Bertz CT molecular complexity index is 492. The second-order valence-electron chi connectivity index (χ2n) is 2.68. The first kappa shape index (κ1) is 8.96. The van der Waals surface area contributed by atoms with E-state index in [2.05, 4.69) is 15.2 Å². The number of benzene rings is 1. The zero-order valence-corrected chi connectivity index (χ0v) is 7.88. The molecule has 1 aromatic carbocycles. The van der Waals surface area contributed by atoms with Gasteiger partial charge in [0.25, 0.3) is 0 Å². The van der Waals surface area contributed by atoms with Crippen LogP contribution in [0.15, 0.2) is 30.5 Å². The van der Waals surface area contributed by atoms with Gasteiger partial charge in [0.2, 0.25) is 4.77 Å². The van der Waals surface area contributed by atoms with Crippen LogP contribution in [0.5, 0.6) is 0 Å². The lowest BCUT2D eigenvalue weighted by atomic mass is 10.2. The summed E-state index contributed by atoms with van der Waals surface area (Å²) < 4.78 is 12.9. The minimum absolute atomic E-state index is 0.275. The van der Waals surface area contributed by atoms with Gasteiger partial charge in [-0.3, -0.25) is 5.10 Å². The zero-order valence-electron chi connectivity index (χ0n) is 7.07. The summed E-state index contributed by atoms with van der Waals surface area (Å²) in [6, 6.07) is 6.01. The molecule has 0 aliphatic heterocycles. The Morgan fingerprint density at radius 2 is 1.93 bits per heavy atom. The number of rotatable bonds is 1. The highest BCUT2D eigenvalue weighted by molar-refractivity contribution is 7.71. The molecule has 0 unspecified atom stereocenters. The van der Waals surface area contributed by atoms with Gasteiger partial charge in [-0.2, -0.15) is 5.10 Å². The number of hydrogen-bond acceptors (Lipinski definition) is 3. The van der Waals surface area contributed by atoms with Crippen LogP contribution >= 0.6 is 12.2 Å². The predicted molar refractivity (Wildman–Crippen MR) is 52.6 cm³/mol. The molecule has 2 rings (SSSR count). The van der Waals surface area contributed by atoms with Gasteiger partial charge in [-0.15, -0.1) is 0 Å². The maximum absolute atomic E-state index is 12.6. The van der Waals surface area contributed by atoms with E-state index in [1.54, 1.807) is 18.3 Å². The topological polar surface area (TPSA) is 41.6 Å². The fourth-order valence-electron chi connectivity index (χ4n) is 1.07. The number of H-pyrrole nitrogens is 1. The molecule has 70 valence electrons. The van der Waals surface area contributed by atoms with Gasteiger partial charge in [0, 0.05) is 5.56 Å². The molecule has 0 aliphatic carbocycles. The first-order valence-corrected chi connectivity index (χ1v) is 4.34. The average Bonchev–Trinajstić information content (AvgIpc) is 2.19. The quantitative estimate of drug-likeness (QED) is 0.730. The normalized spacial score (nSPS) is 10.1. The van der Waals surface area contributed by atoms with Crippen molar-refractivity contribution in [3.63, 3.8) is 0 Å². The third kappa shape index (κ3) is 1.82. The Morgan fingerprint density at radius 1 is 1.21 bits per heavy atom. The number of aromatic amines is 1. The SMILES string of the molecule is Fc1ccc(-c2cn[nH]c(=S)n2)cc1. The first-order chi connectivity index (χ1) is 6.75. The van der Waals surface area contributed by atoms with Gasteiger partial charge in [-0.05, 0) is 36.5 Å². The molecule has 2 aromatic rings. The van der Waals surface area contributed by atoms with Crippen LogP contribution in [-0.4, -0.2) is 15.2 Å². The molecule has 0 saturated heterocycles. The van der Waals surface area contributed by atoms with E-state index in [9.17, 15) is 4.39 Å². The third-order valence-corrected chi connectivity index (χ3v) is 1.89. The largest absolute Gasteiger partial charge is 0.252 e. The van der Waals surface area contributed by atoms with Gasteiger partial charge in [0.15, 0.2) is 0 Å². The fourth-order valence-corrected chi connectivity index (χ4v) is 1.22. The Balaban J connectivity index is 2.50. The van der Waals surface area contributed by atoms with Crippen LogP contribution in [0.3, 0.4) is 0 Å². The summed E-state index contributed by atoms with van der Waals surface area (Å²) in [5, 5.41) is 6.33. The van der Waals surface area contributed by atoms with Crippen LogP contribution in [0.4, 0.5) is 4.39 Å².